The normalized spacial score (nSPS) is 15.6. The Labute approximate surface area is 151 Å². The number of benzene rings is 1. The van der Waals surface area contributed by atoms with Gasteiger partial charge in [-0.1, -0.05) is 26.7 Å². The molecule has 1 amide bonds. The first-order chi connectivity index (χ1) is 11.2. The molecule has 1 aliphatic heterocycles. The van der Waals surface area contributed by atoms with Crippen LogP contribution in [0.4, 0.5) is 5.69 Å². The molecule has 1 aromatic carbocycles. The second-order valence-electron chi connectivity index (χ2n) is 6.46. The van der Waals surface area contributed by atoms with Crippen molar-refractivity contribution in [2.75, 3.05) is 11.9 Å². The number of rotatable bonds is 7. The molecule has 1 aromatic rings. The molecular weight excluding hydrogens is 396 g/mol. The first-order valence-electron chi connectivity index (χ1n) is 7.97. The van der Waals surface area contributed by atoms with Gasteiger partial charge in [-0.05, 0) is 41.3 Å². The van der Waals surface area contributed by atoms with E-state index in [9.17, 15) is 13.2 Å². The van der Waals surface area contributed by atoms with Gasteiger partial charge < -0.3 is 10.1 Å². The fourth-order valence-corrected chi connectivity index (χ4v) is 4.84. The predicted octanol–water partition coefficient (Wildman–Crippen LogP) is 3.27. The lowest BCUT2D eigenvalue weighted by molar-refractivity contribution is -0.118. The van der Waals surface area contributed by atoms with E-state index in [1.807, 2.05) is 6.92 Å². The number of ether oxygens (including phenoxy) is 1. The highest BCUT2D eigenvalue weighted by atomic mass is 79.9. The molecule has 0 saturated carbocycles. The van der Waals surface area contributed by atoms with Gasteiger partial charge >= 0.3 is 0 Å². The van der Waals surface area contributed by atoms with Crippen molar-refractivity contribution in [3.05, 3.63) is 16.6 Å². The number of fused-ring (bicyclic) bond motifs is 1. The zero-order valence-electron chi connectivity index (χ0n) is 14.1. The molecule has 0 bridgehead atoms. The van der Waals surface area contributed by atoms with Gasteiger partial charge in [0.2, 0.25) is 10.0 Å². The number of anilines is 1. The number of amides is 1. The molecule has 1 unspecified atom stereocenters. The van der Waals surface area contributed by atoms with Crippen LogP contribution in [0.15, 0.2) is 21.5 Å². The first-order valence-corrected chi connectivity index (χ1v) is 10.2. The van der Waals surface area contributed by atoms with Crippen LogP contribution >= 0.6 is 15.9 Å². The van der Waals surface area contributed by atoms with Gasteiger partial charge in [0.05, 0.1) is 10.6 Å². The molecule has 1 heterocycles. The minimum absolute atomic E-state index is 0.105. The number of carbonyl (C=O) groups excluding carboxylic acids is 1. The van der Waals surface area contributed by atoms with Crippen LogP contribution in [0.1, 0.15) is 40.0 Å². The molecule has 0 fully saturated rings. The zero-order valence-corrected chi connectivity index (χ0v) is 16.5. The minimum atomic E-state index is -3.68. The third kappa shape index (κ3) is 4.94. The van der Waals surface area contributed by atoms with E-state index in [1.54, 1.807) is 6.07 Å². The van der Waals surface area contributed by atoms with Gasteiger partial charge in [0.25, 0.3) is 5.91 Å². The molecule has 1 aliphatic rings. The van der Waals surface area contributed by atoms with Gasteiger partial charge in [0, 0.05) is 16.6 Å². The average molecular weight is 419 g/mol. The number of hydrogen-bond acceptors (Lipinski definition) is 4. The third-order valence-corrected chi connectivity index (χ3v) is 6.28. The van der Waals surface area contributed by atoms with Crippen molar-refractivity contribution in [2.24, 2.45) is 5.92 Å². The van der Waals surface area contributed by atoms with Gasteiger partial charge in [-0.3, -0.25) is 4.79 Å². The van der Waals surface area contributed by atoms with Crippen LogP contribution in [0.2, 0.25) is 0 Å². The first kappa shape index (κ1) is 19.2. The molecule has 0 saturated heterocycles. The Morgan fingerprint density at radius 1 is 1.29 bits per heavy atom. The molecule has 2 rings (SSSR count). The molecule has 1 atom stereocenters. The summed E-state index contributed by atoms with van der Waals surface area (Å²) < 4.78 is 33.6. The van der Waals surface area contributed by atoms with Gasteiger partial charge in [-0.15, -0.1) is 0 Å². The minimum Gasteiger partial charge on any atom is -0.482 e. The standard InChI is InChI=1S/C16H23BrN2O4S/c1-10(2)5-4-6-11(3)19-24(21,22)15-8-14-13(7-12(15)17)18-16(20)9-23-14/h7-8,10-11,19H,4-6,9H2,1-3H3,(H,18,20). The van der Waals surface area contributed by atoms with Crippen molar-refractivity contribution < 1.29 is 17.9 Å². The summed E-state index contributed by atoms with van der Waals surface area (Å²) in [5.74, 6) is 0.698. The molecule has 0 aromatic heterocycles. The Bertz CT molecular complexity index is 719. The molecule has 6 nitrogen and oxygen atoms in total. The van der Waals surface area contributed by atoms with Crippen LogP contribution in [-0.4, -0.2) is 27.0 Å². The molecule has 2 N–H and O–H groups in total. The average Bonchev–Trinajstić information content (AvgIpc) is 2.45. The SMILES string of the molecule is CC(C)CCCC(C)NS(=O)(=O)c1cc2c(cc1Br)NC(=O)CO2. The van der Waals surface area contributed by atoms with Crippen molar-refractivity contribution in [3.63, 3.8) is 0 Å². The highest BCUT2D eigenvalue weighted by molar-refractivity contribution is 9.10. The maximum absolute atomic E-state index is 12.6. The van der Waals surface area contributed by atoms with E-state index in [2.05, 4.69) is 39.8 Å². The zero-order chi connectivity index (χ0) is 17.9. The number of halogens is 1. The Morgan fingerprint density at radius 2 is 2.00 bits per heavy atom. The van der Waals surface area contributed by atoms with E-state index in [-0.39, 0.29) is 23.5 Å². The summed E-state index contributed by atoms with van der Waals surface area (Å²) in [6, 6.07) is 2.82. The highest BCUT2D eigenvalue weighted by Crippen LogP contribution is 2.35. The maximum Gasteiger partial charge on any atom is 0.262 e. The third-order valence-electron chi connectivity index (χ3n) is 3.73. The number of hydrogen-bond donors (Lipinski definition) is 2. The lowest BCUT2D eigenvalue weighted by Gasteiger charge is -2.20. The molecule has 24 heavy (non-hydrogen) atoms. The molecule has 8 heteroatoms. The quantitative estimate of drug-likeness (QED) is 0.711. The Kier molecular flexibility index (Phi) is 6.28. The maximum atomic E-state index is 12.6. The van der Waals surface area contributed by atoms with Gasteiger partial charge in [0.15, 0.2) is 6.61 Å². The number of nitrogens with one attached hydrogen (secondary N) is 2. The van der Waals surface area contributed by atoms with Crippen LogP contribution in [0, 0.1) is 5.92 Å². The van der Waals surface area contributed by atoms with E-state index in [4.69, 9.17) is 4.74 Å². The Morgan fingerprint density at radius 3 is 2.67 bits per heavy atom. The van der Waals surface area contributed by atoms with Crippen LogP contribution in [-0.2, 0) is 14.8 Å². The van der Waals surface area contributed by atoms with E-state index in [1.165, 1.54) is 6.07 Å². The van der Waals surface area contributed by atoms with E-state index < -0.39 is 10.0 Å². The lowest BCUT2D eigenvalue weighted by atomic mass is 10.0. The topological polar surface area (TPSA) is 84.5 Å². The Balaban J connectivity index is 2.13. The summed E-state index contributed by atoms with van der Waals surface area (Å²) in [4.78, 5) is 11.4. The molecule has 0 aliphatic carbocycles. The fourth-order valence-electron chi connectivity index (χ4n) is 2.51. The summed E-state index contributed by atoms with van der Waals surface area (Å²) in [6.45, 7) is 6.05. The van der Waals surface area contributed by atoms with E-state index >= 15 is 0 Å². The van der Waals surface area contributed by atoms with Crippen molar-refractivity contribution in [2.45, 2.75) is 51.0 Å². The van der Waals surface area contributed by atoms with Crippen molar-refractivity contribution in [1.29, 1.82) is 0 Å². The summed E-state index contributed by atoms with van der Waals surface area (Å²) >= 11 is 3.27. The number of carbonyl (C=O) groups is 1. The predicted molar refractivity (Wildman–Crippen MR) is 96.7 cm³/mol. The van der Waals surface area contributed by atoms with Crippen LogP contribution in [0.25, 0.3) is 0 Å². The van der Waals surface area contributed by atoms with Crippen molar-refractivity contribution in [1.82, 2.24) is 4.72 Å². The monoisotopic (exact) mass is 418 g/mol. The van der Waals surface area contributed by atoms with E-state index in [0.717, 1.165) is 19.3 Å². The van der Waals surface area contributed by atoms with Gasteiger partial charge in [-0.2, -0.15) is 0 Å². The van der Waals surface area contributed by atoms with Crippen LogP contribution in [0.3, 0.4) is 0 Å². The van der Waals surface area contributed by atoms with E-state index in [0.29, 0.717) is 21.8 Å². The molecule has 0 spiro atoms. The summed E-state index contributed by atoms with van der Waals surface area (Å²) in [5, 5.41) is 2.65. The summed E-state index contributed by atoms with van der Waals surface area (Å²) in [5.41, 5.74) is 0.460. The van der Waals surface area contributed by atoms with Crippen LogP contribution in [0.5, 0.6) is 5.75 Å². The number of sulfonamides is 1. The molecule has 134 valence electrons. The fraction of sp³-hybridized carbons (Fsp3) is 0.562. The largest absolute Gasteiger partial charge is 0.482 e. The van der Waals surface area contributed by atoms with Gasteiger partial charge in [-0.25, -0.2) is 13.1 Å². The molecular formula is C16H23BrN2O4S. The van der Waals surface area contributed by atoms with Gasteiger partial charge in [0.1, 0.15) is 5.75 Å². The van der Waals surface area contributed by atoms with Crippen LogP contribution < -0.4 is 14.8 Å². The lowest BCUT2D eigenvalue weighted by Crippen LogP contribution is -2.33. The second kappa shape index (κ2) is 7.84. The molecule has 0 radical (unpaired) electrons. The highest BCUT2D eigenvalue weighted by Gasteiger charge is 2.25. The Hall–Kier alpha value is -1.12. The smallest absolute Gasteiger partial charge is 0.262 e. The van der Waals surface area contributed by atoms with Crippen molar-refractivity contribution in [3.8, 4) is 5.75 Å². The second-order valence-corrected chi connectivity index (χ2v) is 9.00. The summed E-state index contributed by atoms with van der Waals surface area (Å²) in [7, 11) is -3.68. The van der Waals surface area contributed by atoms with Crippen molar-refractivity contribution >= 4 is 37.5 Å². The summed E-state index contributed by atoms with van der Waals surface area (Å²) in [6.07, 6.45) is 2.83.